The molecule has 0 unspecified atom stereocenters. The number of halogens is 1. The summed E-state index contributed by atoms with van der Waals surface area (Å²) in [5, 5.41) is 15.1. The molecule has 0 saturated heterocycles. The molecule has 0 atom stereocenters. The van der Waals surface area contributed by atoms with E-state index in [0.717, 1.165) is 17.1 Å². The first-order valence-corrected chi connectivity index (χ1v) is 6.87. The zero-order valence-electron chi connectivity index (χ0n) is 10.2. The molecule has 0 spiro atoms. The second kappa shape index (κ2) is 5.99. The van der Waals surface area contributed by atoms with Gasteiger partial charge in [0, 0.05) is 24.0 Å². The largest absolute Gasteiger partial charge is 0.476 e. The second-order valence-corrected chi connectivity index (χ2v) is 5.24. The topological polar surface area (TPSA) is 75.1 Å². The lowest BCUT2D eigenvalue weighted by Gasteiger charge is -2.06. The third-order valence-corrected chi connectivity index (χ3v) is 3.69. The van der Waals surface area contributed by atoms with Gasteiger partial charge in [0.2, 0.25) is 0 Å². The third-order valence-electron chi connectivity index (χ3n) is 2.36. The van der Waals surface area contributed by atoms with E-state index in [1.807, 2.05) is 12.3 Å². The number of pyridine rings is 1. The van der Waals surface area contributed by atoms with Crippen molar-refractivity contribution in [2.75, 3.05) is 11.9 Å². The van der Waals surface area contributed by atoms with Gasteiger partial charge in [-0.3, -0.25) is 0 Å². The zero-order chi connectivity index (χ0) is 13.8. The molecule has 2 N–H and O–H groups in total. The molecule has 0 bridgehead atoms. The molecular formula is C12H12ClN3O2S. The van der Waals surface area contributed by atoms with Crippen molar-refractivity contribution in [2.24, 2.45) is 0 Å². The first-order valence-electron chi connectivity index (χ1n) is 5.61. The highest BCUT2D eigenvalue weighted by atomic mass is 35.5. The van der Waals surface area contributed by atoms with E-state index in [4.69, 9.17) is 16.7 Å². The van der Waals surface area contributed by atoms with Crippen LogP contribution in [-0.4, -0.2) is 27.6 Å². The maximum absolute atomic E-state index is 10.9. The molecule has 7 heteroatoms. The number of aromatic carboxylic acids is 1. The van der Waals surface area contributed by atoms with E-state index in [0.29, 0.717) is 12.4 Å². The van der Waals surface area contributed by atoms with Gasteiger partial charge in [0.25, 0.3) is 0 Å². The number of anilines is 1. The Morgan fingerprint density at radius 3 is 2.89 bits per heavy atom. The molecule has 0 saturated carbocycles. The Balaban J connectivity index is 1.96. The number of aryl methyl sites for hydroxylation is 1. The van der Waals surface area contributed by atoms with Gasteiger partial charge in [-0.25, -0.2) is 14.8 Å². The molecule has 0 aliphatic rings. The summed E-state index contributed by atoms with van der Waals surface area (Å²) in [6.45, 7) is 2.59. The van der Waals surface area contributed by atoms with Crippen LogP contribution in [0.5, 0.6) is 0 Å². The van der Waals surface area contributed by atoms with Gasteiger partial charge >= 0.3 is 5.97 Å². The maximum atomic E-state index is 10.9. The zero-order valence-corrected chi connectivity index (χ0v) is 11.8. The van der Waals surface area contributed by atoms with Crippen LogP contribution in [-0.2, 0) is 6.42 Å². The van der Waals surface area contributed by atoms with E-state index in [1.54, 1.807) is 17.4 Å². The highest BCUT2D eigenvalue weighted by molar-refractivity contribution is 7.09. The first kappa shape index (κ1) is 13.8. The average Bonchev–Trinajstić information content (AvgIpc) is 2.77. The van der Waals surface area contributed by atoms with Crippen molar-refractivity contribution >= 4 is 34.7 Å². The number of rotatable bonds is 5. The predicted molar refractivity (Wildman–Crippen MR) is 75.3 cm³/mol. The first-order chi connectivity index (χ1) is 9.06. The number of thiazole rings is 1. The van der Waals surface area contributed by atoms with E-state index in [2.05, 4.69) is 15.3 Å². The summed E-state index contributed by atoms with van der Waals surface area (Å²) < 4.78 is 0. The number of hydrogen-bond donors (Lipinski definition) is 2. The van der Waals surface area contributed by atoms with Gasteiger partial charge in [-0.15, -0.1) is 11.3 Å². The summed E-state index contributed by atoms with van der Waals surface area (Å²) in [6.07, 6.45) is 0.769. The van der Waals surface area contributed by atoms with Crippen LogP contribution in [0.4, 0.5) is 5.82 Å². The summed E-state index contributed by atoms with van der Waals surface area (Å²) in [7, 11) is 0. The average molecular weight is 298 g/mol. The molecule has 2 rings (SSSR count). The van der Waals surface area contributed by atoms with Gasteiger partial charge in [0.1, 0.15) is 5.82 Å². The van der Waals surface area contributed by atoms with E-state index in [-0.39, 0.29) is 10.7 Å². The lowest BCUT2D eigenvalue weighted by Crippen LogP contribution is -2.09. The summed E-state index contributed by atoms with van der Waals surface area (Å²) in [5.41, 5.74) is 0.870. The Bertz CT molecular complexity index is 600. The van der Waals surface area contributed by atoms with Gasteiger partial charge in [-0.1, -0.05) is 11.6 Å². The summed E-state index contributed by atoms with van der Waals surface area (Å²) in [6, 6.07) is 3.18. The fourth-order valence-electron chi connectivity index (χ4n) is 1.51. The quantitative estimate of drug-likeness (QED) is 0.887. The minimum absolute atomic E-state index is 0.133. The fraction of sp³-hybridized carbons (Fsp3) is 0.250. The third kappa shape index (κ3) is 3.65. The van der Waals surface area contributed by atoms with Gasteiger partial charge in [0.05, 0.1) is 10.0 Å². The SMILES string of the molecule is Cc1csc(CCNc2ccc(Cl)c(C(=O)O)n2)n1. The molecule has 2 heterocycles. The number of nitrogens with one attached hydrogen (secondary N) is 1. The van der Waals surface area contributed by atoms with Crippen LogP contribution in [0.3, 0.4) is 0 Å². The molecule has 0 amide bonds. The predicted octanol–water partition coefficient (Wildman–Crippen LogP) is 2.85. The van der Waals surface area contributed by atoms with Crippen LogP contribution in [0.15, 0.2) is 17.5 Å². The lowest BCUT2D eigenvalue weighted by atomic mass is 10.3. The number of aromatic nitrogens is 2. The number of carbonyl (C=O) groups is 1. The minimum atomic E-state index is -1.14. The van der Waals surface area contributed by atoms with Crippen LogP contribution < -0.4 is 5.32 Å². The molecule has 0 aliphatic carbocycles. The normalized spacial score (nSPS) is 10.4. The molecular weight excluding hydrogens is 286 g/mol. The molecule has 100 valence electrons. The van der Waals surface area contributed by atoms with Crippen LogP contribution in [0, 0.1) is 6.92 Å². The Hall–Kier alpha value is -1.66. The Kier molecular flexibility index (Phi) is 4.34. The van der Waals surface area contributed by atoms with E-state index >= 15 is 0 Å². The van der Waals surface area contributed by atoms with E-state index in [9.17, 15) is 4.79 Å². The standard InChI is InChI=1S/C12H12ClN3O2S/c1-7-6-19-10(15-7)4-5-14-9-3-2-8(13)11(16-9)12(17)18/h2-3,6H,4-5H2,1H3,(H,14,16)(H,17,18). The Morgan fingerprint density at radius 2 is 2.26 bits per heavy atom. The van der Waals surface area contributed by atoms with Crippen molar-refractivity contribution in [3.05, 3.63) is 38.9 Å². The fourth-order valence-corrected chi connectivity index (χ4v) is 2.47. The van der Waals surface area contributed by atoms with Gasteiger partial charge in [-0.05, 0) is 19.1 Å². The maximum Gasteiger partial charge on any atom is 0.356 e. The Morgan fingerprint density at radius 1 is 1.47 bits per heavy atom. The Labute approximate surface area is 119 Å². The van der Waals surface area contributed by atoms with E-state index in [1.165, 1.54) is 6.07 Å². The van der Waals surface area contributed by atoms with Crippen LogP contribution in [0.1, 0.15) is 21.2 Å². The van der Waals surface area contributed by atoms with E-state index < -0.39 is 5.97 Å². The number of hydrogen-bond acceptors (Lipinski definition) is 5. The smallest absolute Gasteiger partial charge is 0.356 e. The molecule has 0 fully saturated rings. The molecule has 5 nitrogen and oxygen atoms in total. The molecule has 2 aromatic heterocycles. The van der Waals surface area contributed by atoms with Crippen molar-refractivity contribution < 1.29 is 9.90 Å². The highest BCUT2D eigenvalue weighted by Crippen LogP contribution is 2.17. The molecule has 2 aromatic rings. The summed E-state index contributed by atoms with van der Waals surface area (Å²) in [4.78, 5) is 19.2. The van der Waals surface area contributed by atoms with Crippen molar-refractivity contribution in [1.82, 2.24) is 9.97 Å². The van der Waals surface area contributed by atoms with Crippen molar-refractivity contribution in [2.45, 2.75) is 13.3 Å². The second-order valence-electron chi connectivity index (χ2n) is 3.89. The monoisotopic (exact) mass is 297 g/mol. The molecule has 19 heavy (non-hydrogen) atoms. The highest BCUT2D eigenvalue weighted by Gasteiger charge is 2.11. The van der Waals surface area contributed by atoms with Crippen LogP contribution in [0.2, 0.25) is 5.02 Å². The van der Waals surface area contributed by atoms with Crippen LogP contribution >= 0.6 is 22.9 Å². The molecule has 0 aromatic carbocycles. The van der Waals surface area contributed by atoms with Crippen LogP contribution in [0.25, 0.3) is 0 Å². The summed E-state index contributed by atoms with van der Waals surface area (Å²) in [5.74, 6) is -0.640. The van der Waals surface area contributed by atoms with Gasteiger partial charge in [0.15, 0.2) is 5.69 Å². The van der Waals surface area contributed by atoms with Crippen molar-refractivity contribution in [1.29, 1.82) is 0 Å². The van der Waals surface area contributed by atoms with Gasteiger partial charge < -0.3 is 10.4 Å². The van der Waals surface area contributed by atoms with Crippen molar-refractivity contribution in [3.63, 3.8) is 0 Å². The minimum Gasteiger partial charge on any atom is -0.476 e. The number of carboxylic acid groups (broad SMARTS) is 1. The molecule has 0 radical (unpaired) electrons. The summed E-state index contributed by atoms with van der Waals surface area (Å²) >= 11 is 7.35. The van der Waals surface area contributed by atoms with Crippen molar-refractivity contribution in [3.8, 4) is 0 Å². The number of carboxylic acids is 1. The van der Waals surface area contributed by atoms with Gasteiger partial charge in [-0.2, -0.15) is 0 Å². The lowest BCUT2D eigenvalue weighted by molar-refractivity contribution is 0.0691. The number of nitrogens with zero attached hydrogens (tertiary/aromatic N) is 2. The molecule has 0 aliphatic heterocycles.